The Bertz CT molecular complexity index is 1290. The number of hydrogen-bond donors (Lipinski definition) is 0. The number of esters is 1. The van der Waals surface area contributed by atoms with Crippen LogP contribution in [0.25, 0.3) is 6.08 Å². The summed E-state index contributed by atoms with van der Waals surface area (Å²) in [6, 6.07) is 18.1. The third-order valence-corrected chi connectivity index (χ3v) is 6.66. The largest absolute Gasteiger partial charge is 0.423 e. The van der Waals surface area contributed by atoms with Crippen molar-refractivity contribution < 1.29 is 19.1 Å². The third kappa shape index (κ3) is 5.42. The van der Waals surface area contributed by atoms with Gasteiger partial charge in [-0.3, -0.25) is 14.5 Å². The molecule has 2 amide bonds. The van der Waals surface area contributed by atoms with Crippen LogP contribution in [0.1, 0.15) is 21.5 Å². The molecular weight excluding hydrogens is 505 g/mol. The summed E-state index contributed by atoms with van der Waals surface area (Å²) in [6.45, 7) is 0.0931. The maximum absolute atomic E-state index is 12.8. The summed E-state index contributed by atoms with van der Waals surface area (Å²) < 4.78 is 5.35. The van der Waals surface area contributed by atoms with Crippen molar-refractivity contribution in [1.82, 2.24) is 4.90 Å². The molecule has 1 aliphatic rings. The first kappa shape index (κ1) is 23.4. The number of imide groups is 1. The summed E-state index contributed by atoms with van der Waals surface area (Å²) in [5.74, 6) is -0.646. The van der Waals surface area contributed by atoms with Crippen LogP contribution in [-0.2, 0) is 11.3 Å². The molecule has 1 fully saturated rings. The zero-order chi connectivity index (χ0) is 23.5. The second-order valence-electron chi connectivity index (χ2n) is 6.95. The van der Waals surface area contributed by atoms with Crippen molar-refractivity contribution >= 4 is 69.8 Å². The van der Waals surface area contributed by atoms with Crippen LogP contribution in [0.2, 0.25) is 15.1 Å². The highest BCUT2D eigenvalue weighted by Gasteiger charge is 2.35. The van der Waals surface area contributed by atoms with Gasteiger partial charge in [-0.15, -0.1) is 0 Å². The molecule has 9 heteroatoms. The van der Waals surface area contributed by atoms with Crippen molar-refractivity contribution in [1.29, 1.82) is 0 Å². The fraction of sp³-hybridized carbons (Fsp3) is 0.0417. The van der Waals surface area contributed by atoms with E-state index in [2.05, 4.69) is 0 Å². The number of carbonyl (C=O) groups excluding carboxylic acids is 3. The molecule has 0 N–H and O–H groups in total. The standard InChI is InChI=1S/C24H14Cl3NO4S/c25-18-4-2-1-3-17(18)23(30)32-16-8-5-14(6-9-16)12-21-22(29)28(24(31)33-21)13-15-7-10-19(26)20(27)11-15/h1-12H,13H2/b21-12-. The quantitative estimate of drug-likeness (QED) is 0.205. The summed E-state index contributed by atoms with van der Waals surface area (Å²) in [4.78, 5) is 38.9. The predicted octanol–water partition coefficient (Wildman–Crippen LogP) is 7.10. The van der Waals surface area contributed by atoms with Crippen LogP contribution in [0.4, 0.5) is 4.79 Å². The molecule has 0 unspecified atom stereocenters. The lowest BCUT2D eigenvalue weighted by atomic mass is 10.2. The van der Waals surface area contributed by atoms with Gasteiger partial charge in [0.2, 0.25) is 0 Å². The predicted molar refractivity (Wildman–Crippen MR) is 131 cm³/mol. The maximum Gasteiger partial charge on any atom is 0.345 e. The van der Waals surface area contributed by atoms with Crippen molar-refractivity contribution in [2.24, 2.45) is 0 Å². The van der Waals surface area contributed by atoms with E-state index in [1.807, 2.05) is 0 Å². The molecule has 0 aliphatic carbocycles. The van der Waals surface area contributed by atoms with E-state index < -0.39 is 11.9 Å². The molecule has 1 aliphatic heterocycles. The Labute approximate surface area is 208 Å². The van der Waals surface area contributed by atoms with Gasteiger partial charge in [-0.2, -0.15) is 0 Å². The SMILES string of the molecule is O=C(Oc1ccc(/C=C2\SC(=O)N(Cc3ccc(Cl)c(Cl)c3)C2=O)cc1)c1ccccc1Cl. The maximum atomic E-state index is 12.8. The smallest absolute Gasteiger partial charge is 0.345 e. The van der Waals surface area contributed by atoms with Gasteiger partial charge in [0.25, 0.3) is 11.1 Å². The van der Waals surface area contributed by atoms with E-state index >= 15 is 0 Å². The molecule has 3 aromatic rings. The van der Waals surface area contributed by atoms with Gasteiger partial charge in [0.1, 0.15) is 5.75 Å². The van der Waals surface area contributed by atoms with Crippen molar-refractivity contribution in [2.75, 3.05) is 0 Å². The Balaban J connectivity index is 1.45. The molecule has 0 radical (unpaired) electrons. The van der Waals surface area contributed by atoms with E-state index in [4.69, 9.17) is 39.5 Å². The van der Waals surface area contributed by atoms with Crippen LogP contribution in [-0.4, -0.2) is 22.0 Å². The second-order valence-corrected chi connectivity index (χ2v) is 9.17. The molecule has 1 saturated heterocycles. The molecule has 0 saturated carbocycles. The zero-order valence-corrected chi connectivity index (χ0v) is 19.8. The fourth-order valence-corrected chi connectivity index (χ4v) is 4.40. The number of rotatable bonds is 5. The van der Waals surface area contributed by atoms with E-state index in [1.165, 1.54) is 0 Å². The van der Waals surface area contributed by atoms with Crippen molar-refractivity contribution in [3.63, 3.8) is 0 Å². The lowest BCUT2D eigenvalue weighted by Crippen LogP contribution is -2.27. The lowest BCUT2D eigenvalue weighted by molar-refractivity contribution is -0.123. The number of benzene rings is 3. The summed E-state index contributed by atoms with van der Waals surface area (Å²) in [5, 5.41) is 0.681. The molecule has 33 heavy (non-hydrogen) atoms. The Morgan fingerprint density at radius 1 is 0.909 bits per heavy atom. The van der Waals surface area contributed by atoms with Crippen LogP contribution < -0.4 is 4.74 Å². The van der Waals surface area contributed by atoms with Crippen LogP contribution in [0, 0.1) is 0 Å². The highest BCUT2D eigenvalue weighted by molar-refractivity contribution is 8.18. The summed E-state index contributed by atoms with van der Waals surface area (Å²) in [7, 11) is 0. The van der Waals surface area contributed by atoms with Crippen molar-refractivity contribution in [3.05, 3.63) is 103 Å². The zero-order valence-electron chi connectivity index (χ0n) is 16.8. The van der Waals surface area contributed by atoms with Crippen LogP contribution in [0.3, 0.4) is 0 Å². The van der Waals surface area contributed by atoms with Crippen molar-refractivity contribution in [3.8, 4) is 5.75 Å². The van der Waals surface area contributed by atoms with Gasteiger partial charge in [0.05, 0.1) is 32.1 Å². The molecule has 5 nitrogen and oxygen atoms in total. The first-order chi connectivity index (χ1) is 15.8. The number of ether oxygens (including phenoxy) is 1. The summed E-state index contributed by atoms with van der Waals surface area (Å²) in [6.07, 6.45) is 1.61. The molecule has 4 rings (SSSR count). The molecular formula is C24H14Cl3NO4S. The Morgan fingerprint density at radius 2 is 1.64 bits per heavy atom. The molecule has 0 atom stereocenters. The summed E-state index contributed by atoms with van der Waals surface area (Å²) >= 11 is 18.8. The molecule has 3 aromatic carbocycles. The number of amides is 2. The molecule has 0 bridgehead atoms. The van der Waals surface area contributed by atoms with Crippen LogP contribution >= 0.6 is 46.6 Å². The minimum absolute atomic E-state index is 0.0931. The Morgan fingerprint density at radius 3 is 2.33 bits per heavy atom. The monoisotopic (exact) mass is 517 g/mol. The highest BCUT2D eigenvalue weighted by atomic mass is 35.5. The topological polar surface area (TPSA) is 63.7 Å². The van der Waals surface area contributed by atoms with Crippen LogP contribution in [0.5, 0.6) is 5.75 Å². The first-order valence-corrected chi connectivity index (χ1v) is 11.5. The van der Waals surface area contributed by atoms with E-state index in [0.717, 1.165) is 16.7 Å². The minimum Gasteiger partial charge on any atom is -0.423 e. The van der Waals surface area contributed by atoms with Gasteiger partial charge in [-0.25, -0.2) is 4.79 Å². The van der Waals surface area contributed by atoms with Gasteiger partial charge < -0.3 is 4.74 Å². The summed E-state index contributed by atoms with van der Waals surface area (Å²) in [5.41, 5.74) is 1.63. The average molecular weight is 519 g/mol. The van der Waals surface area contributed by atoms with Crippen LogP contribution in [0.15, 0.2) is 71.6 Å². The average Bonchev–Trinajstić information content (AvgIpc) is 3.05. The van der Waals surface area contributed by atoms with Crippen molar-refractivity contribution in [2.45, 2.75) is 6.54 Å². The second kappa shape index (κ2) is 10.0. The van der Waals surface area contributed by atoms with E-state index in [-0.39, 0.29) is 17.3 Å². The number of carbonyl (C=O) groups is 3. The molecule has 166 valence electrons. The lowest BCUT2D eigenvalue weighted by Gasteiger charge is -2.12. The Kier molecular flexibility index (Phi) is 7.10. The Hall–Kier alpha value is -2.77. The molecule has 0 aromatic heterocycles. The third-order valence-electron chi connectivity index (χ3n) is 4.68. The first-order valence-electron chi connectivity index (χ1n) is 9.58. The van der Waals surface area contributed by atoms with Gasteiger partial charge in [0.15, 0.2) is 0 Å². The van der Waals surface area contributed by atoms with E-state index in [1.54, 1.807) is 72.8 Å². The van der Waals surface area contributed by atoms with E-state index in [9.17, 15) is 14.4 Å². The number of hydrogen-bond acceptors (Lipinski definition) is 5. The number of thioether (sulfide) groups is 1. The molecule has 0 spiro atoms. The highest BCUT2D eigenvalue weighted by Crippen LogP contribution is 2.34. The number of halogens is 3. The van der Waals surface area contributed by atoms with Gasteiger partial charge in [-0.05, 0) is 65.4 Å². The normalized spacial score (nSPS) is 14.8. The van der Waals surface area contributed by atoms with Gasteiger partial charge in [0, 0.05) is 0 Å². The molecule has 1 heterocycles. The van der Waals surface area contributed by atoms with Gasteiger partial charge in [-0.1, -0.05) is 65.1 Å². The minimum atomic E-state index is -0.572. The van der Waals surface area contributed by atoms with Gasteiger partial charge >= 0.3 is 5.97 Å². The van der Waals surface area contributed by atoms with E-state index in [0.29, 0.717) is 36.8 Å². The number of nitrogens with zero attached hydrogens (tertiary/aromatic N) is 1. The fourth-order valence-electron chi connectivity index (χ4n) is 3.03.